The van der Waals surface area contributed by atoms with E-state index in [9.17, 15) is 9.18 Å². The minimum absolute atomic E-state index is 0.144. The van der Waals surface area contributed by atoms with Crippen LogP contribution in [0.1, 0.15) is 5.56 Å². The predicted octanol–water partition coefficient (Wildman–Crippen LogP) is 3.47. The smallest absolute Gasteiger partial charge is 0.258 e. The van der Waals surface area contributed by atoms with E-state index in [2.05, 4.69) is 21.2 Å². The first kappa shape index (κ1) is 17.3. The molecule has 0 aromatic heterocycles. The number of hydrogen-bond donors (Lipinski definition) is 1. The van der Waals surface area contributed by atoms with Gasteiger partial charge in [0.2, 0.25) is 0 Å². The Morgan fingerprint density at radius 1 is 1.17 bits per heavy atom. The molecule has 0 radical (unpaired) electrons. The molecule has 122 valence electrons. The number of benzene rings is 2. The standard InChI is InChI=1S/C17H17BrFNO3/c1-12-2-5-14(6-3-12)22-9-8-20-17(21)11-23-16-7-4-13(19)10-15(16)18/h2-7,10H,8-9,11H2,1H3,(H,20,21). The minimum Gasteiger partial charge on any atom is -0.492 e. The average Bonchev–Trinajstić information content (AvgIpc) is 2.52. The Labute approximate surface area is 142 Å². The van der Waals surface area contributed by atoms with Crippen LogP contribution in [0, 0.1) is 12.7 Å². The average molecular weight is 382 g/mol. The highest BCUT2D eigenvalue weighted by Gasteiger charge is 2.06. The van der Waals surface area contributed by atoms with E-state index in [1.807, 2.05) is 31.2 Å². The van der Waals surface area contributed by atoms with Crippen molar-refractivity contribution in [2.24, 2.45) is 0 Å². The van der Waals surface area contributed by atoms with Crippen molar-refractivity contribution in [3.8, 4) is 11.5 Å². The number of rotatable bonds is 7. The second-order valence-corrected chi connectivity index (χ2v) is 5.73. The van der Waals surface area contributed by atoms with E-state index in [-0.39, 0.29) is 18.3 Å². The van der Waals surface area contributed by atoms with Gasteiger partial charge < -0.3 is 14.8 Å². The highest BCUT2D eigenvalue weighted by Crippen LogP contribution is 2.25. The molecule has 1 amide bonds. The van der Waals surface area contributed by atoms with Crippen LogP contribution in [0.2, 0.25) is 0 Å². The van der Waals surface area contributed by atoms with Gasteiger partial charge in [-0.15, -0.1) is 0 Å². The van der Waals surface area contributed by atoms with Crippen molar-refractivity contribution in [3.05, 3.63) is 58.3 Å². The van der Waals surface area contributed by atoms with E-state index in [1.165, 1.54) is 18.2 Å². The number of nitrogens with one attached hydrogen (secondary N) is 1. The second kappa shape index (κ2) is 8.53. The molecule has 0 saturated carbocycles. The Kier molecular flexibility index (Phi) is 6.40. The molecule has 0 spiro atoms. The number of carbonyl (C=O) groups is 1. The van der Waals surface area contributed by atoms with Crippen molar-refractivity contribution in [3.63, 3.8) is 0 Å². The van der Waals surface area contributed by atoms with Gasteiger partial charge in [0.05, 0.1) is 11.0 Å². The van der Waals surface area contributed by atoms with Gasteiger partial charge in [0.1, 0.15) is 23.9 Å². The summed E-state index contributed by atoms with van der Waals surface area (Å²) in [6.07, 6.45) is 0. The Balaban J connectivity index is 1.66. The summed E-state index contributed by atoms with van der Waals surface area (Å²) in [5.74, 6) is 0.532. The Hall–Kier alpha value is -2.08. The molecule has 0 heterocycles. The van der Waals surface area contributed by atoms with Crippen LogP contribution in [0.15, 0.2) is 46.9 Å². The number of ether oxygens (including phenoxy) is 2. The van der Waals surface area contributed by atoms with Crippen LogP contribution >= 0.6 is 15.9 Å². The fraction of sp³-hybridized carbons (Fsp3) is 0.235. The van der Waals surface area contributed by atoms with Crippen molar-refractivity contribution in [1.29, 1.82) is 0 Å². The summed E-state index contributed by atoms with van der Waals surface area (Å²) in [5.41, 5.74) is 1.16. The quantitative estimate of drug-likeness (QED) is 0.746. The van der Waals surface area contributed by atoms with Gasteiger partial charge in [0.15, 0.2) is 6.61 Å². The van der Waals surface area contributed by atoms with Gasteiger partial charge in [-0.25, -0.2) is 4.39 Å². The third-order valence-electron chi connectivity index (χ3n) is 2.97. The van der Waals surface area contributed by atoms with Gasteiger partial charge in [0, 0.05) is 0 Å². The molecule has 0 saturated heterocycles. The molecule has 6 heteroatoms. The zero-order chi connectivity index (χ0) is 16.7. The van der Waals surface area contributed by atoms with Crippen molar-refractivity contribution >= 4 is 21.8 Å². The van der Waals surface area contributed by atoms with Crippen LogP contribution in [-0.4, -0.2) is 25.7 Å². The Morgan fingerprint density at radius 3 is 2.61 bits per heavy atom. The molecule has 0 atom stereocenters. The number of carbonyl (C=O) groups excluding carboxylic acids is 1. The van der Waals surface area contributed by atoms with E-state index in [0.717, 1.165) is 11.3 Å². The lowest BCUT2D eigenvalue weighted by Crippen LogP contribution is -2.32. The van der Waals surface area contributed by atoms with Crippen molar-refractivity contribution in [1.82, 2.24) is 5.32 Å². The third-order valence-corrected chi connectivity index (χ3v) is 3.59. The topological polar surface area (TPSA) is 47.6 Å². The minimum atomic E-state index is -0.373. The maximum absolute atomic E-state index is 12.9. The second-order valence-electron chi connectivity index (χ2n) is 4.87. The summed E-state index contributed by atoms with van der Waals surface area (Å²) in [6.45, 7) is 2.61. The number of amides is 1. The Morgan fingerprint density at radius 2 is 1.91 bits per heavy atom. The van der Waals surface area contributed by atoms with Crippen LogP contribution in [-0.2, 0) is 4.79 Å². The zero-order valence-corrected chi connectivity index (χ0v) is 14.2. The molecular formula is C17H17BrFNO3. The first-order chi connectivity index (χ1) is 11.0. The fourth-order valence-corrected chi connectivity index (χ4v) is 2.25. The van der Waals surface area contributed by atoms with Gasteiger partial charge in [-0.05, 0) is 53.2 Å². The molecule has 0 aliphatic heterocycles. The van der Waals surface area contributed by atoms with Gasteiger partial charge in [0.25, 0.3) is 5.91 Å². The van der Waals surface area contributed by atoms with E-state index >= 15 is 0 Å². The van der Waals surface area contributed by atoms with Gasteiger partial charge in [-0.2, -0.15) is 0 Å². The molecule has 23 heavy (non-hydrogen) atoms. The van der Waals surface area contributed by atoms with Crippen molar-refractivity contribution in [2.45, 2.75) is 6.92 Å². The van der Waals surface area contributed by atoms with Crippen LogP contribution in [0.25, 0.3) is 0 Å². The van der Waals surface area contributed by atoms with Crippen molar-refractivity contribution in [2.75, 3.05) is 19.8 Å². The first-order valence-electron chi connectivity index (χ1n) is 7.08. The van der Waals surface area contributed by atoms with E-state index in [0.29, 0.717) is 23.4 Å². The maximum atomic E-state index is 12.9. The van der Waals surface area contributed by atoms with E-state index in [4.69, 9.17) is 9.47 Å². The van der Waals surface area contributed by atoms with E-state index < -0.39 is 0 Å². The fourth-order valence-electron chi connectivity index (χ4n) is 1.78. The monoisotopic (exact) mass is 381 g/mol. The maximum Gasteiger partial charge on any atom is 0.258 e. The lowest BCUT2D eigenvalue weighted by Gasteiger charge is -2.10. The van der Waals surface area contributed by atoms with Crippen LogP contribution < -0.4 is 14.8 Å². The van der Waals surface area contributed by atoms with Crippen LogP contribution in [0.5, 0.6) is 11.5 Å². The van der Waals surface area contributed by atoms with Gasteiger partial charge in [-0.1, -0.05) is 17.7 Å². The molecule has 0 aliphatic rings. The number of hydrogen-bond acceptors (Lipinski definition) is 3. The molecule has 0 bridgehead atoms. The Bertz CT molecular complexity index is 661. The zero-order valence-electron chi connectivity index (χ0n) is 12.6. The summed E-state index contributed by atoms with van der Waals surface area (Å²) in [5, 5.41) is 2.69. The molecule has 0 fully saturated rings. The van der Waals surface area contributed by atoms with Gasteiger partial charge >= 0.3 is 0 Å². The highest BCUT2D eigenvalue weighted by atomic mass is 79.9. The molecule has 2 aromatic carbocycles. The van der Waals surface area contributed by atoms with Gasteiger partial charge in [-0.3, -0.25) is 4.79 Å². The van der Waals surface area contributed by atoms with E-state index in [1.54, 1.807) is 0 Å². The molecule has 2 aromatic rings. The molecule has 2 rings (SSSR count). The molecule has 1 N–H and O–H groups in total. The molecule has 4 nitrogen and oxygen atoms in total. The SMILES string of the molecule is Cc1ccc(OCCNC(=O)COc2ccc(F)cc2Br)cc1. The molecule has 0 aliphatic carbocycles. The summed E-state index contributed by atoms with van der Waals surface area (Å²) in [7, 11) is 0. The summed E-state index contributed by atoms with van der Waals surface area (Å²) in [4.78, 5) is 11.7. The number of aryl methyl sites for hydroxylation is 1. The van der Waals surface area contributed by atoms with Crippen molar-refractivity contribution < 1.29 is 18.7 Å². The predicted molar refractivity (Wildman–Crippen MR) is 89.3 cm³/mol. The summed E-state index contributed by atoms with van der Waals surface area (Å²) >= 11 is 3.18. The first-order valence-corrected chi connectivity index (χ1v) is 7.88. The summed E-state index contributed by atoms with van der Waals surface area (Å²) in [6, 6.07) is 11.7. The third kappa shape index (κ3) is 5.90. The molecular weight excluding hydrogens is 365 g/mol. The summed E-state index contributed by atoms with van der Waals surface area (Å²) < 4.78 is 24.2. The van der Waals surface area contributed by atoms with Crippen LogP contribution in [0.3, 0.4) is 0 Å². The molecule has 0 unspecified atom stereocenters. The lowest BCUT2D eigenvalue weighted by atomic mass is 10.2. The normalized spacial score (nSPS) is 10.2. The largest absolute Gasteiger partial charge is 0.492 e. The van der Waals surface area contributed by atoms with Crippen LogP contribution in [0.4, 0.5) is 4.39 Å². The highest BCUT2D eigenvalue weighted by molar-refractivity contribution is 9.10. The lowest BCUT2D eigenvalue weighted by molar-refractivity contribution is -0.123. The number of halogens is 2.